The molecule has 6 unspecified atom stereocenters. The minimum absolute atomic E-state index is 0.0504. The summed E-state index contributed by atoms with van der Waals surface area (Å²) in [6.45, 7) is 1.03. The van der Waals surface area contributed by atoms with Gasteiger partial charge in [0, 0.05) is 23.6 Å². The number of Topliss-reactive ketones (excluding diaryl/α,β-unsaturated/α-hetero) is 3. The quantitative estimate of drug-likeness (QED) is 0.223. The zero-order chi connectivity index (χ0) is 30.5. The van der Waals surface area contributed by atoms with Crippen LogP contribution in [0.5, 0.6) is 11.5 Å². The fraction of sp³-hybridized carbons (Fsp3) is 0.452. The molecule has 2 fully saturated rings. The van der Waals surface area contributed by atoms with Crippen molar-refractivity contribution in [2.45, 2.75) is 37.5 Å². The highest BCUT2D eigenvalue weighted by atomic mass is 16.5. The maximum atomic E-state index is 14.0. The van der Waals surface area contributed by atoms with Gasteiger partial charge in [0.15, 0.2) is 23.0 Å². The van der Waals surface area contributed by atoms with E-state index in [2.05, 4.69) is 5.32 Å². The first-order valence-corrected chi connectivity index (χ1v) is 14.0. The molecule has 11 heteroatoms. The molecule has 42 heavy (non-hydrogen) atoms. The second-order valence-corrected chi connectivity index (χ2v) is 11.7. The third kappa shape index (κ3) is 4.52. The molecule has 0 aromatic heterocycles. The average Bonchev–Trinajstić information content (AvgIpc) is 2.93. The predicted molar refractivity (Wildman–Crippen MR) is 152 cm³/mol. The molecule has 5 rings (SSSR count). The number of aromatic hydroxyl groups is 1. The Bertz CT molecular complexity index is 1470. The molecule has 0 bridgehead atoms. The van der Waals surface area contributed by atoms with Gasteiger partial charge in [-0.3, -0.25) is 24.1 Å². The van der Waals surface area contributed by atoms with Crippen LogP contribution in [0.4, 0.5) is 0 Å². The number of rotatable bonds is 8. The van der Waals surface area contributed by atoms with Crippen molar-refractivity contribution < 1.29 is 34.1 Å². The van der Waals surface area contributed by atoms with Crippen LogP contribution in [-0.2, 0) is 33.8 Å². The molecule has 0 radical (unpaired) electrons. The van der Waals surface area contributed by atoms with E-state index in [0.29, 0.717) is 30.0 Å². The van der Waals surface area contributed by atoms with Crippen LogP contribution in [0.25, 0.3) is 0 Å². The van der Waals surface area contributed by atoms with Gasteiger partial charge >= 0.3 is 0 Å². The van der Waals surface area contributed by atoms with Crippen molar-refractivity contribution in [3.63, 3.8) is 0 Å². The van der Waals surface area contributed by atoms with Crippen molar-refractivity contribution in [3.05, 3.63) is 58.7 Å². The smallest absolute Gasteiger partial charge is 0.233 e. The number of hydrogen-bond acceptors (Lipinski definition) is 10. The number of phenols is 1. The molecule has 6 atom stereocenters. The molecule has 6 N–H and O–H groups in total. The number of likely N-dealkylation sites (N-methyl/N-ethyl adjacent to an activating group) is 1. The summed E-state index contributed by atoms with van der Waals surface area (Å²) in [4.78, 5) is 54.9. The Balaban J connectivity index is 1.49. The molecule has 1 amide bonds. The van der Waals surface area contributed by atoms with E-state index < -0.39 is 64.3 Å². The van der Waals surface area contributed by atoms with Gasteiger partial charge in [-0.25, -0.2) is 0 Å². The van der Waals surface area contributed by atoms with Gasteiger partial charge in [0.25, 0.3) is 0 Å². The Hall–Kier alpha value is -3.93. The van der Waals surface area contributed by atoms with Crippen LogP contribution in [0, 0.1) is 29.1 Å². The fourth-order valence-electron chi connectivity index (χ4n) is 7.26. The maximum absolute atomic E-state index is 14.0. The van der Waals surface area contributed by atoms with Crippen molar-refractivity contribution in [3.8, 4) is 11.5 Å². The Morgan fingerprint density at radius 1 is 1.21 bits per heavy atom. The standard InChI is InChI=1S/C31H36N4O7/c1-35(2)24-19-12-16-11-18-22(25(37)21(16)29(39)31(19,41)28(32)23(26(24)38)30(33)40)20(36)13-17(27(18)42-3)14-34-10-9-15-7-5-4-6-8-15/h4-8,13,16,19,21,23-24,32,34,36,41H,9-12,14H2,1-3H3,(H2,33,40). The minimum Gasteiger partial charge on any atom is -0.507 e. The number of ether oxygens (including phenoxy) is 1. The lowest BCUT2D eigenvalue weighted by Crippen LogP contribution is -2.73. The number of nitrogens with one attached hydrogen (secondary N) is 2. The van der Waals surface area contributed by atoms with E-state index in [9.17, 15) is 29.4 Å². The summed E-state index contributed by atoms with van der Waals surface area (Å²) in [5.74, 6) is -8.11. The van der Waals surface area contributed by atoms with E-state index >= 15 is 0 Å². The highest BCUT2D eigenvalue weighted by Gasteiger charge is 2.67. The number of carbonyl (C=O) groups is 4. The summed E-state index contributed by atoms with van der Waals surface area (Å²) in [6.07, 6.45) is 1.04. The summed E-state index contributed by atoms with van der Waals surface area (Å²) < 4.78 is 5.74. The van der Waals surface area contributed by atoms with Crippen molar-refractivity contribution in [1.29, 1.82) is 5.41 Å². The maximum Gasteiger partial charge on any atom is 0.233 e. The number of aliphatic hydroxyl groups is 1. The van der Waals surface area contributed by atoms with E-state index in [1.165, 1.54) is 23.6 Å². The number of methoxy groups -OCH3 is 1. The molecular weight excluding hydrogens is 540 g/mol. The van der Waals surface area contributed by atoms with Gasteiger partial charge in [0.05, 0.1) is 30.3 Å². The Kier molecular flexibility index (Phi) is 7.78. The molecule has 0 heterocycles. The lowest BCUT2D eigenvalue weighted by molar-refractivity contribution is -0.157. The number of hydrogen-bond donors (Lipinski definition) is 5. The Morgan fingerprint density at radius 2 is 1.90 bits per heavy atom. The Morgan fingerprint density at radius 3 is 2.52 bits per heavy atom. The molecule has 2 aromatic rings. The lowest BCUT2D eigenvalue weighted by atomic mass is 9.52. The van der Waals surface area contributed by atoms with Crippen molar-refractivity contribution in [2.24, 2.45) is 29.4 Å². The van der Waals surface area contributed by atoms with Gasteiger partial charge in [-0.15, -0.1) is 0 Å². The van der Waals surface area contributed by atoms with Crippen LogP contribution in [0.1, 0.15) is 33.5 Å². The molecule has 2 aromatic carbocycles. The molecule has 11 nitrogen and oxygen atoms in total. The number of ketones is 3. The van der Waals surface area contributed by atoms with Gasteiger partial charge in [0.2, 0.25) is 5.91 Å². The molecule has 3 aliphatic carbocycles. The Labute approximate surface area is 243 Å². The molecular formula is C31H36N4O7. The first-order valence-electron chi connectivity index (χ1n) is 14.0. The molecule has 3 aliphatic rings. The van der Waals surface area contributed by atoms with Crippen LogP contribution in [0.15, 0.2) is 36.4 Å². The van der Waals surface area contributed by atoms with Gasteiger partial charge in [0.1, 0.15) is 17.4 Å². The molecule has 0 spiro atoms. The summed E-state index contributed by atoms with van der Waals surface area (Å²) >= 11 is 0. The highest BCUT2D eigenvalue weighted by molar-refractivity contribution is 6.33. The third-order valence-corrected chi connectivity index (χ3v) is 9.10. The van der Waals surface area contributed by atoms with Gasteiger partial charge < -0.3 is 31.4 Å². The number of fused-ring (bicyclic) bond motifs is 3. The van der Waals surface area contributed by atoms with E-state index in [1.54, 1.807) is 14.1 Å². The third-order valence-electron chi connectivity index (χ3n) is 9.10. The normalized spacial score (nSPS) is 28.7. The van der Waals surface area contributed by atoms with Gasteiger partial charge in [-0.1, -0.05) is 30.3 Å². The topological polar surface area (TPSA) is 183 Å². The number of nitrogens with zero attached hydrogens (tertiary/aromatic N) is 1. The fourth-order valence-corrected chi connectivity index (χ4v) is 7.26. The molecule has 2 saturated carbocycles. The lowest BCUT2D eigenvalue weighted by Gasteiger charge is -2.53. The van der Waals surface area contributed by atoms with E-state index in [4.69, 9.17) is 15.9 Å². The van der Waals surface area contributed by atoms with Crippen molar-refractivity contribution in [2.75, 3.05) is 27.7 Å². The number of primary amides is 1. The number of nitrogens with two attached hydrogens (primary N) is 1. The zero-order valence-electron chi connectivity index (χ0n) is 23.8. The SMILES string of the molecule is COc1c(CNCCc2ccccc2)cc(O)c2c1CC1CC3C(N(C)C)C(=O)C(C(N)=O)C(=N)C3(O)C(=O)C1C2=O. The van der Waals surface area contributed by atoms with E-state index in [1.807, 2.05) is 30.3 Å². The first kappa shape index (κ1) is 29.6. The van der Waals surface area contributed by atoms with Crippen LogP contribution in [-0.4, -0.2) is 83.5 Å². The summed E-state index contributed by atoms with van der Waals surface area (Å²) in [5.41, 5.74) is 4.37. The molecule has 0 aliphatic heterocycles. The monoisotopic (exact) mass is 576 g/mol. The predicted octanol–water partition coefficient (Wildman–Crippen LogP) is 0.659. The van der Waals surface area contributed by atoms with E-state index in [-0.39, 0.29) is 24.2 Å². The van der Waals surface area contributed by atoms with Gasteiger partial charge in [-0.05, 0) is 57.5 Å². The largest absolute Gasteiger partial charge is 0.507 e. The minimum atomic E-state index is -2.53. The van der Waals surface area contributed by atoms with Crippen LogP contribution in [0.2, 0.25) is 0 Å². The van der Waals surface area contributed by atoms with Crippen LogP contribution >= 0.6 is 0 Å². The van der Waals surface area contributed by atoms with Crippen LogP contribution < -0.4 is 15.8 Å². The molecule has 0 saturated heterocycles. The number of benzene rings is 2. The second kappa shape index (κ2) is 11.0. The van der Waals surface area contributed by atoms with Crippen molar-refractivity contribution >= 4 is 29.0 Å². The molecule has 222 valence electrons. The van der Waals surface area contributed by atoms with Crippen LogP contribution in [0.3, 0.4) is 0 Å². The second-order valence-electron chi connectivity index (χ2n) is 11.7. The number of phenolic OH excluding ortho intramolecular Hbond substituents is 1. The zero-order valence-corrected chi connectivity index (χ0v) is 23.8. The van der Waals surface area contributed by atoms with Gasteiger partial charge in [-0.2, -0.15) is 0 Å². The van der Waals surface area contributed by atoms with Crippen molar-refractivity contribution in [1.82, 2.24) is 10.2 Å². The summed E-state index contributed by atoms with van der Waals surface area (Å²) in [5, 5.41) is 34.7. The summed E-state index contributed by atoms with van der Waals surface area (Å²) in [6, 6.07) is 10.4. The first-order chi connectivity index (χ1) is 19.9. The highest BCUT2D eigenvalue weighted by Crippen LogP contribution is 2.52. The van der Waals surface area contributed by atoms with E-state index in [0.717, 1.165) is 6.42 Å². The number of carbonyl (C=O) groups excluding carboxylic acids is 4. The average molecular weight is 577 g/mol. The number of amides is 1. The summed E-state index contributed by atoms with van der Waals surface area (Å²) in [7, 11) is 4.66.